The van der Waals surface area contributed by atoms with Gasteiger partial charge in [-0.15, -0.1) is 0 Å². The van der Waals surface area contributed by atoms with Crippen LogP contribution in [0.15, 0.2) is 54.6 Å². The van der Waals surface area contributed by atoms with E-state index in [1.54, 1.807) is 7.11 Å². The largest absolute Gasteiger partial charge is 0.496 e. The summed E-state index contributed by atoms with van der Waals surface area (Å²) >= 11 is 0. The van der Waals surface area contributed by atoms with Crippen LogP contribution < -0.4 is 10.5 Å². The molecule has 146 valence electrons. The van der Waals surface area contributed by atoms with E-state index in [2.05, 4.69) is 0 Å². The first-order chi connectivity index (χ1) is 13.7. The van der Waals surface area contributed by atoms with Crippen molar-refractivity contribution in [3.05, 3.63) is 66.0 Å². The maximum Gasteiger partial charge on any atom is 0.181 e. The zero-order valence-corrected chi connectivity index (χ0v) is 16.0. The summed E-state index contributed by atoms with van der Waals surface area (Å²) in [6.45, 7) is 0.577. The second-order valence-electron chi connectivity index (χ2n) is 7.37. The number of hydrogen-bond acceptors (Lipinski definition) is 5. The third kappa shape index (κ3) is 3.79. The van der Waals surface area contributed by atoms with Crippen LogP contribution in [0, 0.1) is 0 Å². The van der Waals surface area contributed by atoms with Gasteiger partial charge < -0.3 is 15.6 Å². The molecule has 28 heavy (non-hydrogen) atoms. The number of aliphatic hydroxyl groups is 1. The first-order valence-corrected chi connectivity index (χ1v) is 9.71. The maximum absolute atomic E-state index is 10.0. The molecule has 1 saturated carbocycles. The number of hydrogen-bond donors (Lipinski definition) is 2. The Morgan fingerprint density at radius 2 is 1.86 bits per heavy atom. The first kappa shape index (κ1) is 18.7. The Hall–Kier alpha value is -2.70. The van der Waals surface area contributed by atoms with Gasteiger partial charge in [0.25, 0.3) is 0 Å². The lowest BCUT2D eigenvalue weighted by Crippen LogP contribution is -2.40. The summed E-state index contributed by atoms with van der Waals surface area (Å²) in [5.41, 5.74) is 8.19. The van der Waals surface area contributed by atoms with E-state index in [1.165, 1.54) is 0 Å². The Morgan fingerprint density at radius 1 is 1.11 bits per heavy atom. The molecule has 0 bridgehead atoms. The minimum Gasteiger partial charge on any atom is -0.496 e. The predicted octanol–water partition coefficient (Wildman–Crippen LogP) is 2.96. The lowest BCUT2D eigenvalue weighted by Gasteiger charge is -2.30. The lowest BCUT2D eigenvalue weighted by atomic mass is 9.83. The SMILES string of the molecule is COc1ccccc1Cn1nc(-c2ccccc2)nc1[C@H]1CC[C@@H](O)[C@H](N)C1. The average Bonchev–Trinajstić information content (AvgIpc) is 3.15. The van der Waals surface area contributed by atoms with E-state index >= 15 is 0 Å². The summed E-state index contributed by atoms with van der Waals surface area (Å²) in [5, 5.41) is 14.8. The van der Waals surface area contributed by atoms with Gasteiger partial charge in [0.2, 0.25) is 0 Å². The van der Waals surface area contributed by atoms with Crippen LogP contribution in [0.4, 0.5) is 0 Å². The van der Waals surface area contributed by atoms with Crippen molar-refractivity contribution in [1.82, 2.24) is 14.8 Å². The molecule has 0 unspecified atom stereocenters. The van der Waals surface area contributed by atoms with Gasteiger partial charge in [-0.1, -0.05) is 48.5 Å². The smallest absolute Gasteiger partial charge is 0.181 e. The fourth-order valence-corrected chi connectivity index (χ4v) is 3.90. The fourth-order valence-electron chi connectivity index (χ4n) is 3.90. The van der Waals surface area contributed by atoms with Crippen molar-refractivity contribution in [3.8, 4) is 17.1 Å². The second kappa shape index (κ2) is 8.12. The van der Waals surface area contributed by atoms with E-state index in [1.807, 2.05) is 59.3 Å². The molecule has 3 atom stereocenters. The molecular formula is C22H26N4O2. The molecule has 6 nitrogen and oxygen atoms in total. The van der Waals surface area contributed by atoms with Gasteiger partial charge in [-0.05, 0) is 25.3 Å². The highest BCUT2D eigenvalue weighted by atomic mass is 16.5. The Kier molecular flexibility index (Phi) is 5.41. The zero-order chi connectivity index (χ0) is 19.5. The molecule has 3 N–H and O–H groups in total. The number of nitrogens with two attached hydrogens (primary N) is 1. The third-order valence-electron chi connectivity index (χ3n) is 5.47. The zero-order valence-electron chi connectivity index (χ0n) is 16.0. The first-order valence-electron chi connectivity index (χ1n) is 9.71. The summed E-state index contributed by atoms with van der Waals surface area (Å²) in [7, 11) is 1.68. The molecular weight excluding hydrogens is 352 g/mol. The summed E-state index contributed by atoms with van der Waals surface area (Å²) in [6, 6.07) is 17.7. The Labute approximate surface area is 165 Å². The average molecular weight is 378 g/mol. The molecule has 1 aliphatic carbocycles. The van der Waals surface area contributed by atoms with Crippen molar-refractivity contribution < 1.29 is 9.84 Å². The van der Waals surface area contributed by atoms with Crippen LogP contribution in [0.3, 0.4) is 0 Å². The van der Waals surface area contributed by atoms with Crippen molar-refractivity contribution in [2.45, 2.75) is 43.9 Å². The normalized spacial score (nSPS) is 22.2. The van der Waals surface area contributed by atoms with Crippen LogP contribution in [-0.2, 0) is 6.54 Å². The molecule has 1 aliphatic rings. The minimum atomic E-state index is -0.435. The summed E-state index contributed by atoms with van der Waals surface area (Å²) < 4.78 is 7.48. The molecule has 1 fully saturated rings. The van der Waals surface area contributed by atoms with Gasteiger partial charge in [-0.25, -0.2) is 9.67 Å². The van der Waals surface area contributed by atoms with Crippen LogP contribution in [0.2, 0.25) is 0 Å². The lowest BCUT2D eigenvalue weighted by molar-refractivity contribution is 0.0985. The van der Waals surface area contributed by atoms with Crippen LogP contribution in [0.25, 0.3) is 11.4 Å². The predicted molar refractivity (Wildman–Crippen MR) is 108 cm³/mol. The van der Waals surface area contributed by atoms with E-state index in [4.69, 9.17) is 20.6 Å². The Bertz CT molecular complexity index is 925. The quantitative estimate of drug-likeness (QED) is 0.713. The van der Waals surface area contributed by atoms with E-state index in [0.717, 1.165) is 29.1 Å². The van der Waals surface area contributed by atoms with Gasteiger partial charge in [-0.3, -0.25) is 0 Å². The molecule has 0 aliphatic heterocycles. The summed E-state index contributed by atoms with van der Waals surface area (Å²) in [4.78, 5) is 4.89. The van der Waals surface area contributed by atoms with Gasteiger partial charge in [0, 0.05) is 23.1 Å². The number of nitrogens with zero attached hydrogens (tertiary/aromatic N) is 3. The van der Waals surface area contributed by atoms with Crippen molar-refractivity contribution in [1.29, 1.82) is 0 Å². The van der Waals surface area contributed by atoms with Gasteiger partial charge in [0.05, 0.1) is 19.8 Å². The molecule has 3 aromatic rings. The number of para-hydroxylation sites is 1. The number of aliphatic hydroxyl groups excluding tert-OH is 1. The van der Waals surface area contributed by atoms with E-state index < -0.39 is 6.10 Å². The van der Waals surface area contributed by atoms with Gasteiger partial charge in [0.1, 0.15) is 11.6 Å². The van der Waals surface area contributed by atoms with Crippen LogP contribution in [0.1, 0.15) is 36.6 Å². The summed E-state index contributed by atoms with van der Waals surface area (Å²) in [5.74, 6) is 2.65. The van der Waals surface area contributed by atoms with Crippen LogP contribution in [0.5, 0.6) is 5.75 Å². The van der Waals surface area contributed by atoms with Gasteiger partial charge >= 0.3 is 0 Å². The molecule has 4 rings (SSSR count). The van der Waals surface area contributed by atoms with Crippen molar-refractivity contribution >= 4 is 0 Å². The second-order valence-corrected chi connectivity index (χ2v) is 7.37. The molecule has 1 heterocycles. The number of methoxy groups -OCH3 is 1. The molecule has 0 radical (unpaired) electrons. The van der Waals surface area contributed by atoms with Gasteiger partial charge in [0.15, 0.2) is 5.82 Å². The van der Waals surface area contributed by atoms with E-state index in [9.17, 15) is 5.11 Å². The van der Waals surface area contributed by atoms with E-state index in [-0.39, 0.29) is 12.0 Å². The number of aromatic nitrogens is 3. The van der Waals surface area contributed by atoms with Crippen LogP contribution >= 0.6 is 0 Å². The molecule has 0 amide bonds. The topological polar surface area (TPSA) is 86.2 Å². The summed E-state index contributed by atoms with van der Waals surface area (Å²) in [6.07, 6.45) is 1.82. The van der Waals surface area contributed by atoms with Crippen molar-refractivity contribution in [3.63, 3.8) is 0 Å². The Balaban J connectivity index is 1.72. The molecule has 0 spiro atoms. The monoisotopic (exact) mass is 378 g/mol. The standard InChI is InChI=1S/C22H26N4O2/c1-28-20-10-6-5-9-17(20)14-26-22(16-11-12-19(27)18(23)13-16)24-21(25-26)15-7-3-2-4-8-15/h2-10,16,18-19,27H,11-14,23H2,1H3/t16-,18+,19+/m0/s1. The van der Waals surface area contributed by atoms with Crippen LogP contribution in [-0.4, -0.2) is 39.1 Å². The highest BCUT2D eigenvalue weighted by molar-refractivity contribution is 5.54. The van der Waals surface area contributed by atoms with Gasteiger partial charge in [-0.2, -0.15) is 5.10 Å². The molecule has 6 heteroatoms. The third-order valence-corrected chi connectivity index (χ3v) is 5.47. The number of rotatable bonds is 5. The fraction of sp³-hybridized carbons (Fsp3) is 0.364. The highest BCUT2D eigenvalue weighted by Crippen LogP contribution is 2.33. The minimum absolute atomic E-state index is 0.179. The van der Waals surface area contributed by atoms with E-state index in [0.29, 0.717) is 25.2 Å². The number of benzene rings is 2. The maximum atomic E-state index is 10.0. The highest BCUT2D eigenvalue weighted by Gasteiger charge is 2.31. The molecule has 2 aromatic carbocycles. The van der Waals surface area contributed by atoms with Crippen molar-refractivity contribution in [2.75, 3.05) is 7.11 Å². The van der Waals surface area contributed by atoms with Crippen molar-refractivity contribution in [2.24, 2.45) is 5.73 Å². The molecule has 0 saturated heterocycles. The number of ether oxygens (including phenoxy) is 1. The molecule has 1 aromatic heterocycles. The Morgan fingerprint density at radius 3 is 2.61 bits per heavy atom.